The molecule has 0 saturated heterocycles. The number of benzene rings is 1. The molecule has 1 atom stereocenters. The third kappa shape index (κ3) is 6.53. The van der Waals surface area contributed by atoms with Crippen molar-refractivity contribution in [1.82, 2.24) is 5.32 Å². The van der Waals surface area contributed by atoms with Crippen LogP contribution in [0.5, 0.6) is 5.75 Å². The summed E-state index contributed by atoms with van der Waals surface area (Å²) < 4.78 is 9.89. The van der Waals surface area contributed by atoms with Crippen molar-refractivity contribution in [2.24, 2.45) is 0 Å². The highest BCUT2D eigenvalue weighted by atomic mass is 32.2. The normalized spacial score (nSPS) is 11.6. The van der Waals surface area contributed by atoms with Gasteiger partial charge in [-0.25, -0.2) is 0 Å². The van der Waals surface area contributed by atoms with E-state index >= 15 is 0 Å². The molecule has 1 aromatic carbocycles. The van der Waals surface area contributed by atoms with Crippen molar-refractivity contribution in [2.45, 2.75) is 25.6 Å². The van der Waals surface area contributed by atoms with Crippen LogP contribution >= 0.6 is 11.8 Å². The first-order valence-electron chi connectivity index (χ1n) is 6.74. The Morgan fingerprint density at radius 1 is 1.29 bits per heavy atom. The van der Waals surface area contributed by atoms with Gasteiger partial charge >= 0.3 is 5.97 Å². The minimum atomic E-state index is -0.298. The summed E-state index contributed by atoms with van der Waals surface area (Å²) >= 11 is 1.27. The fourth-order valence-electron chi connectivity index (χ4n) is 1.55. The van der Waals surface area contributed by atoms with Crippen LogP contribution in [-0.2, 0) is 20.9 Å². The van der Waals surface area contributed by atoms with E-state index in [0.717, 1.165) is 11.3 Å². The number of esters is 1. The van der Waals surface area contributed by atoms with Crippen molar-refractivity contribution < 1.29 is 19.1 Å². The summed E-state index contributed by atoms with van der Waals surface area (Å²) in [7, 11) is 1.61. The van der Waals surface area contributed by atoms with Crippen molar-refractivity contribution in [3.63, 3.8) is 0 Å². The maximum absolute atomic E-state index is 11.9. The second-order valence-electron chi connectivity index (χ2n) is 4.32. The summed E-state index contributed by atoms with van der Waals surface area (Å²) in [6.07, 6.45) is 0. The minimum Gasteiger partial charge on any atom is -0.497 e. The van der Waals surface area contributed by atoms with Gasteiger partial charge in [0.2, 0.25) is 5.91 Å². The molecule has 0 heterocycles. The highest BCUT2D eigenvalue weighted by Gasteiger charge is 2.15. The Balaban J connectivity index is 2.33. The lowest BCUT2D eigenvalue weighted by atomic mass is 10.2. The van der Waals surface area contributed by atoms with Gasteiger partial charge < -0.3 is 14.8 Å². The molecule has 5 nitrogen and oxygen atoms in total. The maximum Gasteiger partial charge on any atom is 0.315 e. The van der Waals surface area contributed by atoms with Gasteiger partial charge in [-0.3, -0.25) is 9.59 Å². The van der Waals surface area contributed by atoms with Crippen LogP contribution in [0.1, 0.15) is 19.4 Å². The molecule has 6 heteroatoms. The zero-order chi connectivity index (χ0) is 15.7. The number of rotatable bonds is 8. The first-order chi connectivity index (χ1) is 10.1. The van der Waals surface area contributed by atoms with E-state index in [4.69, 9.17) is 9.47 Å². The Kier molecular flexibility index (Phi) is 7.68. The second kappa shape index (κ2) is 9.28. The molecule has 0 aliphatic carbocycles. The predicted octanol–water partition coefficient (Wildman–Crippen LogP) is 2.00. The van der Waals surface area contributed by atoms with Gasteiger partial charge in [0.25, 0.3) is 0 Å². The lowest BCUT2D eigenvalue weighted by Gasteiger charge is -2.12. The molecule has 1 rings (SSSR count). The standard InChI is InChI=1S/C15H21NO4S/c1-4-20-14(17)10-21-11(2)15(18)16-9-12-5-7-13(19-3)8-6-12/h5-8,11H,4,9-10H2,1-3H3,(H,16,18)/t11-/m0/s1. The Morgan fingerprint density at radius 3 is 2.52 bits per heavy atom. The summed E-state index contributed by atoms with van der Waals surface area (Å²) in [5, 5.41) is 2.54. The van der Waals surface area contributed by atoms with E-state index in [9.17, 15) is 9.59 Å². The molecule has 0 spiro atoms. The molecule has 1 N–H and O–H groups in total. The van der Waals surface area contributed by atoms with E-state index in [2.05, 4.69) is 5.32 Å². The molecule has 0 saturated carbocycles. The van der Waals surface area contributed by atoms with Gasteiger partial charge in [-0.05, 0) is 31.5 Å². The van der Waals surface area contributed by atoms with Crippen LogP contribution in [0.4, 0.5) is 0 Å². The van der Waals surface area contributed by atoms with E-state index in [1.807, 2.05) is 24.3 Å². The summed E-state index contributed by atoms with van der Waals surface area (Å²) in [6.45, 7) is 4.34. The van der Waals surface area contributed by atoms with Crippen molar-refractivity contribution in [2.75, 3.05) is 19.5 Å². The largest absolute Gasteiger partial charge is 0.497 e. The van der Waals surface area contributed by atoms with Crippen molar-refractivity contribution >= 4 is 23.6 Å². The van der Waals surface area contributed by atoms with Crippen LogP contribution in [0.2, 0.25) is 0 Å². The van der Waals surface area contributed by atoms with Crippen molar-refractivity contribution in [1.29, 1.82) is 0 Å². The van der Waals surface area contributed by atoms with Gasteiger partial charge in [0, 0.05) is 6.54 Å². The molecular formula is C15H21NO4S. The number of carbonyl (C=O) groups excluding carboxylic acids is 2. The summed E-state index contributed by atoms with van der Waals surface area (Å²) in [5.41, 5.74) is 0.992. The zero-order valence-corrected chi connectivity index (χ0v) is 13.4. The molecule has 0 bridgehead atoms. The molecule has 0 radical (unpaired) electrons. The monoisotopic (exact) mass is 311 g/mol. The topological polar surface area (TPSA) is 64.6 Å². The highest BCUT2D eigenvalue weighted by molar-refractivity contribution is 8.01. The fourth-order valence-corrected chi connectivity index (χ4v) is 2.25. The summed E-state index contributed by atoms with van der Waals surface area (Å²) in [4.78, 5) is 23.1. The van der Waals surface area contributed by atoms with E-state index in [1.54, 1.807) is 21.0 Å². The summed E-state index contributed by atoms with van der Waals surface area (Å²) in [6, 6.07) is 7.49. The predicted molar refractivity (Wildman–Crippen MR) is 83.4 cm³/mol. The van der Waals surface area contributed by atoms with Crippen molar-refractivity contribution in [3.8, 4) is 5.75 Å². The number of hydrogen-bond donors (Lipinski definition) is 1. The number of amides is 1. The average Bonchev–Trinajstić information content (AvgIpc) is 2.51. The molecule has 0 fully saturated rings. The van der Waals surface area contributed by atoms with Gasteiger partial charge in [-0.1, -0.05) is 12.1 Å². The average molecular weight is 311 g/mol. The van der Waals surface area contributed by atoms with Crippen LogP contribution in [0, 0.1) is 0 Å². The number of nitrogens with one attached hydrogen (secondary N) is 1. The van der Waals surface area contributed by atoms with Gasteiger partial charge in [-0.2, -0.15) is 0 Å². The Morgan fingerprint density at radius 2 is 1.95 bits per heavy atom. The van der Waals surface area contributed by atoms with E-state index in [0.29, 0.717) is 13.2 Å². The highest BCUT2D eigenvalue weighted by Crippen LogP contribution is 2.13. The van der Waals surface area contributed by atoms with Crippen molar-refractivity contribution in [3.05, 3.63) is 29.8 Å². The SMILES string of the molecule is CCOC(=O)CS[C@@H](C)C(=O)NCc1ccc(OC)cc1. The lowest BCUT2D eigenvalue weighted by molar-refractivity contribution is -0.139. The van der Waals surface area contributed by atoms with E-state index in [-0.39, 0.29) is 22.9 Å². The molecular weight excluding hydrogens is 290 g/mol. The lowest BCUT2D eigenvalue weighted by Crippen LogP contribution is -2.31. The first kappa shape index (κ1) is 17.4. The number of thioether (sulfide) groups is 1. The molecule has 0 aliphatic rings. The molecule has 1 amide bonds. The number of hydrogen-bond acceptors (Lipinski definition) is 5. The van der Waals surface area contributed by atoms with Gasteiger partial charge in [0.05, 0.1) is 24.7 Å². The number of carbonyl (C=O) groups is 2. The van der Waals surface area contributed by atoms with E-state index in [1.165, 1.54) is 11.8 Å². The Bertz CT molecular complexity index is 461. The zero-order valence-electron chi connectivity index (χ0n) is 12.5. The van der Waals surface area contributed by atoms with Crippen LogP contribution < -0.4 is 10.1 Å². The maximum atomic E-state index is 11.9. The van der Waals surface area contributed by atoms with Gasteiger partial charge in [0.1, 0.15) is 5.75 Å². The third-order valence-corrected chi connectivity index (χ3v) is 3.87. The minimum absolute atomic E-state index is 0.0971. The third-order valence-electron chi connectivity index (χ3n) is 2.75. The van der Waals surface area contributed by atoms with Crippen LogP contribution in [-0.4, -0.2) is 36.6 Å². The molecule has 116 valence electrons. The van der Waals surface area contributed by atoms with Crippen LogP contribution in [0.25, 0.3) is 0 Å². The Hall–Kier alpha value is -1.69. The van der Waals surface area contributed by atoms with E-state index < -0.39 is 0 Å². The number of ether oxygens (including phenoxy) is 2. The fraction of sp³-hybridized carbons (Fsp3) is 0.467. The van der Waals surface area contributed by atoms with Crippen LogP contribution in [0.15, 0.2) is 24.3 Å². The van der Waals surface area contributed by atoms with Crippen LogP contribution in [0.3, 0.4) is 0 Å². The molecule has 0 aromatic heterocycles. The van der Waals surface area contributed by atoms with Gasteiger partial charge in [-0.15, -0.1) is 11.8 Å². The molecule has 1 aromatic rings. The first-order valence-corrected chi connectivity index (χ1v) is 7.79. The molecule has 21 heavy (non-hydrogen) atoms. The Labute approximate surface area is 129 Å². The number of methoxy groups -OCH3 is 1. The summed E-state index contributed by atoms with van der Waals surface area (Å²) in [5.74, 6) is 0.575. The molecule has 0 aliphatic heterocycles. The smallest absolute Gasteiger partial charge is 0.315 e. The second-order valence-corrected chi connectivity index (χ2v) is 5.65. The quantitative estimate of drug-likeness (QED) is 0.744. The van der Waals surface area contributed by atoms with Gasteiger partial charge in [0.15, 0.2) is 0 Å². The molecule has 0 unspecified atom stereocenters.